The van der Waals surface area contributed by atoms with Crippen LogP contribution in [-0.4, -0.2) is 35.7 Å². The second kappa shape index (κ2) is 5.13. The summed E-state index contributed by atoms with van der Waals surface area (Å²) in [7, 11) is 0. The van der Waals surface area contributed by atoms with E-state index in [-0.39, 0.29) is 11.5 Å². The fourth-order valence-corrected chi connectivity index (χ4v) is 4.03. The van der Waals surface area contributed by atoms with Gasteiger partial charge in [0.15, 0.2) is 0 Å². The molecule has 0 spiro atoms. The lowest BCUT2D eigenvalue weighted by Gasteiger charge is -2.30. The molecule has 0 aromatic heterocycles. The third-order valence-electron chi connectivity index (χ3n) is 5.92. The monoisotopic (exact) mass is 253 g/mol. The average molecular weight is 253 g/mol. The molecule has 2 fully saturated rings. The third-order valence-corrected chi connectivity index (χ3v) is 5.92. The molecule has 1 heterocycles. The van der Waals surface area contributed by atoms with Gasteiger partial charge < -0.3 is 10.0 Å². The van der Waals surface area contributed by atoms with E-state index >= 15 is 0 Å². The van der Waals surface area contributed by atoms with E-state index in [1.54, 1.807) is 0 Å². The van der Waals surface area contributed by atoms with Crippen molar-refractivity contribution >= 4 is 0 Å². The molecule has 0 aromatic carbocycles. The number of nitrogens with zero attached hydrogens (tertiary/aromatic N) is 1. The van der Waals surface area contributed by atoms with Gasteiger partial charge in [-0.15, -0.1) is 0 Å². The summed E-state index contributed by atoms with van der Waals surface area (Å²) >= 11 is 0. The quantitative estimate of drug-likeness (QED) is 0.831. The maximum absolute atomic E-state index is 10.4. The van der Waals surface area contributed by atoms with Crippen LogP contribution in [0.5, 0.6) is 0 Å². The first-order valence-corrected chi connectivity index (χ1v) is 7.83. The first-order chi connectivity index (χ1) is 8.42. The molecule has 0 bridgehead atoms. The zero-order valence-corrected chi connectivity index (χ0v) is 12.7. The smallest absolute Gasteiger partial charge is 0.0631 e. The van der Waals surface area contributed by atoms with Crippen molar-refractivity contribution in [2.45, 2.75) is 65.9 Å². The van der Waals surface area contributed by atoms with E-state index in [2.05, 4.69) is 32.6 Å². The van der Waals surface area contributed by atoms with Crippen LogP contribution in [0.2, 0.25) is 0 Å². The Balaban J connectivity index is 1.89. The molecule has 106 valence electrons. The minimum atomic E-state index is -0.101. The topological polar surface area (TPSA) is 23.5 Å². The standard InChI is InChI=1S/C16H31NO/c1-5-16(6-2)9-10-17(12-16)11-13-7-8-15(3,4)14(13)18/h13-14,18H,5-12H2,1-4H3. The maximum Gasteiger partial charge on any atom is 0.0631 e. The number of aliphatic hydroxyl groups excluding tert-OH is 1. The summed E-state index contributed by atoms with van der Waals surface area (Å²) < 4.78 is 0. The number of hydrogen-bond donors (Lipinski definition) is 1. The highest BCUT2D eigenvalue weighted by molar-refractivity contribution is 4.95. The van der Waals surface area contributed by atoms with Crippen molar-refractivity contribution in [3.8, 4) is 0 Å². The van der Waals surface area contributed by atoms with Gasteiger partial charge in [-0.2, -0.15) is 0 Å². The van der Waals surface area contributed by atoms with Crippen LogP contribution in [0.4, 0.5) is 0 Å². The summed E-state index contributed by atoms with van der Waals surface area (Å²) in [5.41, 5.74) is 0.704. The molecule has 2 heteroatoms. The van der Waals surface area contributed by atoms with Crippen molar-refractivity contribution in [3.63, 3.8) is 0 Å². The van der Waals surface area contributed by atoms with Crippen molar-refractivity contribution in [2.75, 3.05) is 19.6 Å². The summed E-state index contributed by atoms with van der Waals surface area (Å²) in [6, 6.07) is 0. The second-order valence-corrected chi connectivity index (χ2v) is 7.42. The molecule has 2 rings (SSSR count). The minimum Gasteiger partial charge on any atom is -0.392 e. The highest BCUT2D eigenvalue weighted by Crippen LogP contribution is 2.43. The summed E-state index contributed by atoms with van der Waals surface area (Å²) in [5.74, 6) is 0.504. The third kappa shape index (κ3) is 2.60. The van der Waals surface area contributed by atoms with Crippen LogP contribution in [0.1, 0.15) is 59.8 Å². The summed E-state index contributed by atoms with van der Waals surface area (Å²) in [6.45, 7) is 12.7. The van der Waals surface area contributed by atoms with Crippen LogP contribution >= 0.6 is 0 Å². The van der Waals surface area contributed by atoms with Crippen LogP contribution < -0.4 is 0 Å². The van der Waals surface area contributed by atoms with Gasteiger partial charge in [-0.25, -0.2) is 0 Å². The number of rotatable bonds is 4. The van der Waals surface area contributed by atoms with Gasteiger partial charge in [0.2, 0.25) is 0 Å². The zero-order valence-electron chi connectivity index (χ0n) is 12.7. The van der Waals surface area contributed by atoms with Crippen molar-refractivity contribution in [1.82, 2.24) is 4.90 Å². The number of aliphatic hydroxyl groups is 1. The molecule has 0 aromatic rings. The van der Waals surface area contributed by atoms with Crippen LogP contribution in [0.25, 0.3) is 0 Å². The Bertz CT molecular complexity index is 283. The summed E-state index contributed by atoms with van der Waals surface area (Å²) in [6.07, 6.45) is 6.24. The predicted octanol–water partition coefficient (Wildman–Crippen LogP) is 3.30. The molecule has 18 heavy (non-hydrogen) atoms. The summed E-state index contributed by atoms with van der Waals surface area (Å²) in [5, 5.41) is 10.4. The Morgan fingerprint density at radius 2 is 1.83 bits per heavy atom. The van der Waals surface area contributed by atoms with Gasteiger partial charge in [0.25, 0.3) is 0 Å². The van der Waals surface area contributed by atoms with Gasteiger partial charge in [0.1, 0.15) is 0 Å². The van der Waals surface area contributed by atoms with Crippen molar-refractivity contribution in [2.24, 2.45) is 16.7 Å². The molecule has 0 radical (unpaired) electrons. The van der Waals surface area contributed by atoms with Gasteiger partial charge in [-0.1, -0.05) is 27.7 Å². The Morgan fingerprint density at radius 3 is 2.28 bits per heavy atom. The largest absolute Gasteiger partial charge is 0.392 e. The van der Waals surface area contributed by atoms with E-state index in [1.807, 2.05) is 0 Å². The van der Waals surface area contributed by atoms with Crippen LogP contribution in [0.15, 0.2) is 0 Å². The van der Waals surface area contributed by atoms with E-state index in [0.29, 0.717) is 11.3 Å². The first-order valence-electron chi connectivity index (χ1n) is 7.83. The van der Waals surface area contributed by atoms with E-state index in [1.165, 1.54) is 45.2 Å². The Kier molecular flexibility index (Phi) is 4.08. The molecular formula is C16H31NO. The highest BCUT2D eigenvalue weighted by atomic mass is 16.3. The van der Waals surface area contributed by atoms with E-state index < -0.39 is 0 Å². The van der Waals surface area contributed by atoms with Gasteiger partial charge in [-0.3, -0.25) is 0 Å². The first kappa shape index (κ1) is 14.3. The predicted molar refractivity (Wildman–Crippen MR) is 76.6 cm³/mol. The van der Waals surface area contributed by atoms with Crippen molar-refractivity contribution in [1.29, 1.82) is 0 Å². The average Bonchev–Trinajstić information content (AvgIpc) is 2.87. The van der Waals surface area contributed by atoms with E-state index in [9.17, 15) is 5.11 Å². The lowest BCUT2D eigenvalue weighted by molar-refractivity contribution is 0.0339. The molecule has 1 N–H and O–H groups in total. The SMILES string of the molecule is CCC1(CC)CCN(CC2CCC(C)(C)C2O)C1. The molecule has 1 aliphatic heterocycles. The van der Waals surface area contributed by atoms with Crippen LogP contribution in [-0.2, 0) is 0 Å². The van der Waals surface area contributed by atoms with Gasteiger partial charge >= 0.3 is 0 Å². The normalized spacial score (nSPS) is 35.2. The minimum absolute atomic E-state index is 0.101. The Morgan fingerprint density at radius 1 is 1.17 bits per heavy atom. The highest BCUT2D eigenvalue weighted by Gasteiger charge is 2.43. The van der Waals surface area contributed by atoms with Crippen LogP contribution in [0.3, 0.4) is 0 Å². The molecule has 0 amide bonds. The van der Waals surface area contributed by atoms with Gasteiger partial charge in [0.05, 0.1) is 6.10 Å². The molecule has 2 aliphatic rings. The van der Waals surface area contributed by atoms with E-state index in [4.69, 9.17) is 0 Å². The fraction of sp³-hybridized carbons (Fsp3) is 1.00. The molecule has 1 saturated carbocycles. The lowest BCUT2D eigenvalue weighted by atomic mass is 9.82. The molecule has 1 aliphatic carbocycles. The second-order valence-electron chi connectivity index (χ2n) is 7.42. The Labute approximate surface area is 113 Å². The lowest BCUT2D eigenvalue weighted by Crippen LogP contribution is -2.36. The van der Waals surface area contributed by atoms with Crippen molar-refractivity contribution < 1.29 is 5.11 Å². The van der Waals surface area contributed by atoms with E-state index in [0.717, 1.165) is 6.54 Å². The van der Waals surface area contributed by atoms with Gasteiger partial charge in [-0.05, 0) is 55.4 Å². The molecule has 2 atom stereocenters. The fourth-order valence-electron chi connectivity index (χ4n) is 4.03. The molecule has 1 saturated heterocycles. The van der Waals surface area contributed by atoms with Crippen molar-refractivity contribution in [3.05, 3.63) is 0 Å². The van der Waals surface area contributed by atoms with Crippen LogP contribution in [0, 0.1) is 16.7 Å². The van der Waals surface area contributed by atoms with Gasteiger partial charge in [0, 0.05) is 13.1 Å². The molecule has 2 unspecified atom stereocenters. The zero-order chi connectivity index (χ0) is 13.4. The maximum atomic E-state index is 10.4. The number of likely N-dealkylation sites (tertiary alicyclic amines) is 1. The molecular weight excluding hydrogens is 222 g/mol. The summed E-state index contributed by atoms with van der Waals surface area (Å²) in [4.78, 5) is 2.61. The number of hydrogen-bond acceptors (Lipinski definition) is 2. The molecule has 2 nitrogen and oxygen atoms in total. The Hall–Kier alpha value is -0.0800.